The SMILES string of the molecule is Cc1n[nH]c(C)c1S(=O)(=O)N(C)c1ccc(C(=N)N)cc1. The third-order valence-electron chi connectivity index (χ3n) is 3.22. The second-order valence-corrected chi connectivity index (χ2v) is 6.60. The number of anilines is 1. The van der Waals surface area contributed by atoms with Gasteiger partial charge in [0.05, 0.1) is 17.1 Å². The molecule has 0 radical (unpaired) electrons. The third-order valence-corrected chi connectivity index (χ3v) is 5.27. The first-order chi connectivity index (χ1) is 9.75. The summed E-state index contributed by atoms with van der Waals surface area (Å²) in [7, 11) is -2.21. The molecule has 0 aliphatic heterocycles. The molecule has 7 nitrogen and oxygen atoms in total. The van der Waals surface area contributed by atoms with Crippen molar-refractivity contribution in [3.05, 3.63) is 41.2 Å². The van der Waals surface area contributed by atoms with E-state index in [2.05, 4.69) is 10.2 Å². The van der Waals surface area contributed by atoms with Crippen LogP contribution in [0.4, 0.5) is 5.69 Å². The maximum absolute atomic E-state index is 12.7. The van der Waals surface area contributed by atoms with Gasteiger partial charge < -0.3 is 5.73 Å². The zero-order chi connectivity index (χ0) is 15.8. The molecule has 112 valence electrons. The molecule has 0 saturated heterocycles. The number of sulfonamides is 1. The Labute approximate surface area is 123 Å². The Kier molecular flexibility index (Phi) is 3.73. The van der Waals surface area contributed by atoms with Crippen molar-refractivity contribution in [2.45, 2.75) is 18.7 Å². The topological polar surface area (TPSA) is 116 Å². The highest BCUT2D eigenvalue weighted by Gasteiger charge is 2.27. The molecule has 0 aliphatic carbocycles. The summed E-state index contributed by atoms with van der Waals surface area (Å²) < 4.78 is 26.5. The average molecular weight is 307 g/mol. The molecule has 0 spiro atoms. The number of nitrogens with two attached hydrogens (primary N) is 1. The first kappa shape index (κ1) is 15.0. The molecule has 0 unspecified atom stereocenters. The van der Waals surface area contributed by atoms with E-state index in [4.69, 9.17) is 11.1 Å². The van der Waals surface area contributed by atoms with Crippen LogP contribution in [0, 0.1) is 19.3 Å². The number of aryl methyl sites for hydroxylation is 2. The van der Waals surface area contributed by atoms with Gasteiger partial charge in [-0.1, -0.05) is 0 Å². The smallest absolute Gasteiger partial charge is 0.267 e. The summed E-state index contributed by atoms with van der Waals surface area (Å²) >= 11 is 0. The van der Waals surface area contributed by atoms with Crippen molar-refractivity contribution in [3.63, 3.8) is 0 Å². The highest BCUT2D eigenvalue weighted by molar-refractivity contribution is 7.92. The van der Waals surface area contributed by atoms with Crippen molar-refractivity contribution in [2.75, 3.05) is 11.4 Å². The van der Waals surface area contributed by atoms with E-state index < -0.39 is 10.0 Å². The molecular formula is C13H17N5O2S. The molecule has 0 bridgehead atoms. The van der Waals surface area contributed by atoms with E-state index in [9.17, 15) is 8.42 Å². The molecule has 0 saturated carbocycles. The van der Waals surface area contributed by atoms with Gasteiger partial charge in [0.2, 0.25) is 0 Å². The van der Waals surface area contributed by atoms with Crippen LogP contribution in [0.25, 0.3) is 0 Å². The van der Waals surface area contributed by atoms with Gasteiger partial charge in [0, 0.05) is 12.6 Å². The molecule has 0 aliphatic rings. The lowest BCUT2D eigenvalue weighted by Gasteiger charge is -2.19. The van der Waals surface area contributed by atoms with E-state index in [-0.39, 0.29) is 10.7 Å². The molecule has 2 rings (SSSR count). The molecule has 21 heavy (non-hydrogen) atoms. The summed E-state index contributed by atoms with van der Waals surface area (Å²) in [4.78, 5) is 0.181. The van der Waals surface area contributed by atoms with Gasteiger partial charge >= 0.3 is 0 Å². The quantitative estimate of drug-likeness (QED) is 0.580. The highest BCUT2D eigenvalue weighted by atomic mass is 32.2. The van der Waals surface area contributed by atoms with Gasteiger partial charge in [-0.3, -0.25) is 14.8 Å². The number of benzene rings is 1. The number of rotatable bonds is 4. The van der Waals surface area contributed by atoms with Gasteiger partial charge in [0.15, 0.2) is 0 Å². The predicted molar refractivity (Wildman–Crippen MR) is 81.1 cm³/mol. The minimum Gasteiger partial charge on any atom is -0.384 e. The molecule has 8 heteroatoms. The maximum atomic E-state index is 12.7. The maximum Gasteiger partial charge on any atom is 0.267 e. The van der Waals surface area contributed by atoms with E-state index in [1.54, 1.807) is 38.1 Å². The van der Waals surface area contributed by atoms with Crippen LogP contribution >= 0.6 is 0 Å². The molecule has 1 aromatic carbocycles. The monoisotopic (exact) mass is 307 g/mol. The van der Waals surface area contributed by atoms with Crippen molar-refractivity contribution >= 4 is 21.5 Å². The van der Waals surface area contributed by atoms with E-state index >= 15 is 0 Å². The number of H-pyrrole nitrogens is 1. The van der Waals surface area contributed by atoms with Crippen LogP contribution in [0.3, 0.4) is 0 Å². The molecule has 0 fully saturated rings. The fraction of sp³-hybridized carbons (Fsp3) is 0.231. The number of nitrogen functional groups attached to an aromatic ring is 1. The van der Waals surface area contributed by atoms with Crippen molar-refractivity contribution < 1.29 is 8.42 Å². The summed E-state index contributed by atoms with van der Waals surface area (Å²) in [5.41, 5.74) is 7.34. The Balaban J connectivity index is 2.43. The molecule has 1 heterocycles. The summed E-state index contributed by atoms with van der Waals surface area (Å²) in [6.45, 7) is 3.31. The molecule has 0 amide bonds. The lowest BCUT2D eigenvalue weighted by Crippen LogP contribution is -2.27. The van der Waals surface area contributed by atoms with E-state index in [1.165, 1.54) is 11.4 Å². The Bertz CT molecular complexity index is 758. The van der Waals surface area contributed by atoms with Crippen molar-refractivity contribution in [1.29, 1.82) is 5.41 Å². The molecule has 2 aromatic rings. The fourth-order valence-electron chi connectivity index (χ4n) is 2.05. The predicted octanol–water partition coefficient (Wildman–Crippen LogP) is 1.14. The fourth-order valence-corrected chi connectivity index (χ4v) is 3.57. The lowest BCUT2D eigenvalue weighted by molar-refractivity contribution is 0.593. The minimum atomic E-state index is -3.69. The van der Waals surface area contributed by atoms with Gasteiger partial charge in [0.25, 0.3) is 10.0 Å². The largest absolute Gasteiger partial charge is 0.384 e. The number of nitrogens with one attached hydrogen (secondary N) is 2. The molecule has 4 N–H and O–H groups in total. The zero-order valence-corrected chi connectivity index (χ0v) is 12.8. The lowest BCUT2D eigenvalue weighted by atomic mass is 10.2. The molecule has 1 aromatic heterocycles. The van der Waals surface area contributed by atoms with Gasteiger partial charge in [-0.05, 0) is 38.1 Å². The number of aromatic amines is 1. The van der Waals surface area contributed by atoms with Crippen LogP contribution in [0.15, 0.2) is 29.2 Å². The summed E-state index contributed by atoms with van der Waals surface area (Å²) in [6.07, 6.45) is 0. The second kappa shape index (κ2) is 5.21. The van der Waals surface area contributed by atoms with Gasteiger partial charge in [-0.15, -0.1) is 0 Å². The van der Waals surface area contributed by atoms with Gasteiger partial charge in [-0.2, -0.15) is 5.10 Å². The van der Waals surface area contributed by atoms with E-state index in [0.717, 1.165) is 0 Å². The zero-order valence-electron chi connectivity index (χ0n) is 12.0. The van der Waals surface area contributed by atoms with Crippen LogP contribution in [0.1, 0.15) is 17.0 Å². The highest BCUT2D eigenvalue weighted by Crippen LogP contribution is 2.25. The average Bonchev–Trinajstić information content (AvgIpc) is 2.78. The third kappa shape index (κ3) is 2.62. The van der Waals surface area contributed by atoms with Crippen LogP contribution in [-0.4, -0.2) is 31.5 Å². The van der Waals surface area contributed by atoms with Crippen molar-refractivity contribution in [3.8, 4) is 0 Å². The second-order valence-electron chi connectivity index (χ2n) is 4.70. The molecular weight excluding hydrogens is 290 g/mol. The number of hydrogen-bond donors (Lipinski definition) is 3. The number of amidine groups is 1. The standard InChI is InChI=1S/C13H17N5O2S/c1-8-12(9(2)17-16-8)21(19,20)18(3)11-6-4-10(5-7-11)13(14)15/h4-7H,1-3H3,(H3,14,15)(H,16,17). The number of aromatic nitrogens is 2. The Morgan fingerprint density at radius 1 is 1.29 bits per heavy atom. The first-order valence-corrected chi connectivity index (χ1v) is 7.64. The normalized spacial score (nSPS) is 11.4. The number of hydrogen-bond acceptors (Lipinski definition) is 4. The van der Waals surface area contributed by atoms with Crippen LogP contribution < -0.4 is 10.0 Å². The molecule has 0 atom stereocenters. The summed E-state index contributed by atoms with van der Waals surface area (Å²) in [5, 5.41) is 13.9. The van der Waals surface area contributed by atoms with E-state index in [1.807, 2.05) is 0 Å². The van der Waals surface area contributed by atoms with Crippen LogP contribution in [-0.2, 0) is 10.0 Å². The number of nitrogens with zero attached hydrogens (tertiary/aromatic N) is 2. The Morgan fingerprint density at radius 2 is 1.86 bits per heavy atom. The van der Waals surface area contributed by atoms with Crippen molar-refractivity contribution in [2.24, 2.45) is 5.73 Å². The van der Waals surface area contributed by atoms with Crippen LogP contribution in [0.2, 0.25) is 0 Å². The Hall–Kier alpha value is -2.35. The van der Waals surface area contributed by atoms with Crippen molar-refractivity contribution in [1.82, 2.24) is 10.2 Å². The van der Waals surface area contributed by atoms with Gasteiger partial charge in [-0.25, -0.2) is 8.42 Å². The van der Waals surface area contributed by atoms with Gasteiger partial charge in [0.1, 0.15) is 10.7 Å². The first-order valence-electron chi connectivity index (χ1n) is 6.20. The summed E-state index contributed by atoms with van der Waals surface area (Å²) in [6, 6.07) is 6.44. The van der Waals surface area contributed by atoms with Crippen LogP contribution in [0.5, 0.6) is 0 Å². The Morgan fingerprint density at radius 3 is 2.29 bits per heavy atom. The minimum absolute atomic E-state index is 0.0615. The van der Waals surface area contributed by atoms with E-state index in [0.29, 0.717) is 22.6 Å². The summed E-state index contributed by atoms with van der Waals surface area (Å²) in [5.74, 6) is -0.0615.